The SMILES string of the molecule is CCNC(=NCCc1nc(C(C)(C)C)cs1)NC1CCN(c2ccc(C)cn2)CC1. The Labute approximate surface area is 185 Å². The maximum Gasteiger partial charge on any atom is 0.191 e. The summed E-state index contributed by atoms with van der Waals surface area (Å²) in [4.78, 5) is 16.5. The molecule has 6 nitrogen and oxygen atoms in total. The number of pyridine rings is 1. The van der Waals surface area contributed by atoms with Crippen molar-refractivity contribution < 1.29 is 0 Å². The standard InChI is InChI=1S/C23H36N6S/c1-6-24-22(25-12-9-21-28-19(16-30-21)23(3,4)5)27-18-10-13-29(14-11-18)20-8-7-17(2)15-26-20/h7-8,15-16,18H,6,9-14H2,1-5H3,(H2,24,25,27). The number of anilines is 1. The first-order valence-electron chi connectivity index (χ1n) is 11.0. The predicted octanol–water partition coefficient (Wildman–Crippen LogP) is 3.91. The van der Waals surface area contributed by atoms with Crippen molar-refractivity contribution in [1.29, 1.82) is 0 Å². The van der Waals surface area contributed by atoms with Crippen molar-refractivity contribution in [3.8, 4) is 0 Å². The minimum Gasteiger partial charge on any atom is -0.357 e. The molecule has 1 aliphatic rings. The minimum atomic E-state index is 0.109. The van der Waals surface area contributed by atoms with Gasteiger partial charge in [0.25, 0.3) is 0 Å². The van der Waals surface area contributed by atoms with Crippen LogP contribution in [0.15, 0.2) is 28.7 Å². The van der Waals surface area contributed by atoms with Crippen LogP contribution in [-0.4, -0.2) is 48.1 Å². The van der Waals surface area contributed by atoms with Crippen LogP contribution in [0, 0.1) is 6.92 Å². The van der Waals surface area contributed by atoms with E-state index in [1.807, 2.05) is 6.20 Å². The smallest absolute Gasteiger partial charge is 0.191 e. The van der Waals surface area contributed by atoms with Gasteiger partial charge in [0, 0.05) is 55.6 Å². The highest BCUT2D eigenvalue weighted by atomic mass is 32.1. The van der Waals surface area contributed by atoms with Crippen LogP contribution in [-0.2, 0) is 11.8 Å². The van der Waals surface area contributed by atoms with Gasteiger partial charge in [-0.1, -0.05) is 26.8 Å². The van der Waals surface area contributed by atoms with E-state index in [0.29, 0.717) is 6.04 Å². The Bertz CT molecular complexity index is 813. The van der Waals surface area contributed by atoms with E-state index in [9.17, 15) is 0 Å². The first-order chi connectivity index (χ1) is 14.3. The molecule has 0 saturated carbocycles. The second-order valence-electron chi connectivity index (χ2n) is 8.99. The van der Waals surface area contributed by atoms with E-state index in [1.54, 1.807) is 11.3 Å². The first-order valence-corrected chi connectivity index (χ1v) is 11.9. The van der Waals surface area contributed by atoms with E-state index < -0.39 is 0 Å². The zero-order valence-corrected chi connectivity index (χ0v) is 19.9. The summed E-state index contributed by atoms with van der Waals surface area (Å²) in [6.07, 6.45) is 5.00. The Hall–Kier alpha value is -2.15. The third-order valence-electron chi connectivity index (χ3n) is 5.32. The Morgan fingerprint density at radius 1 is 1.27 bits per heavy atom. The van der Waals surface area contributed by atoms with Gasteiger partial charge in [-0.15, -0.1) is 11.3 Å². The molecule has 7 heteroatoms. The van der Waals surface area contributed by atoms with Crippen molar-refractivity contribution in [3.05, 3.63) is 40.0 Å². The fourth-order valence-electron chi connectivity index (χ4n) is 3.45. The van der Waals surface area contributed by atoms with Crippen LogP contribution in [0.5, 0.6) is 0 Å². The van der Waals surface area contributed by atoms with E-state index in [2.05, 4.69) is 72.6 Å². The first kappa shape index (κ1) is 22.5. The maximum absolute atomic E-state index is 4.80. The minimum absolute atomic E-state index is 0.109. The van der Waals surface area contributed by atoms with Crippen LogP contribution in [0.2, 0.25) is 0 Å². The molecule has 1 fully saturated rings. The molecule has 0 spiro atoms. The Balaban J connectivity index is 1.49. The number of thiazole rings is 1. The molecule has 0 aliphatic carbocycles. The molecular weight excluding hydrogens is 392 g/mol. The molecule has 0 amide bonds. The second kappa shape index (κ2) is 10.2. The molecule has 2 aromatic rings. The number of aliphatic imine (C=N–C) groups is 1. The molecule has 0 radical (unpaired) electrons. The third kappa shape index (κ3) is 6.42. The maximum atomic E-state index is 4.80. The van der Waals surface area contributed by atoms with Crippen molar-refractivity contribution in [3.63, 3.8) is 0 Å². The van der Waals surface area contributed by atoms with Gasteiger partial charge in [0.15, 0.2) is 5.96 Å². The van der Waals surface area contributed by atoms with Crippen LogP contribution in [0.3, 0.4) is 0 Å². The number of hydrogen-bond donors (Lipinski definition) is 2. The summed E-state index contributed by atoms with van der Waals surface area (Å²) in [5.41, 5.74) is 2.48. The lowest BCUT2D eigenvalue weighted by atomic mass is 9.93. The van der Waals surface area contributed by atoms with Gasteiger partial charge in [-0.25, -0.2) is 9.97 Å². The number of aryl methyl sites for hydroxylation is 1. The number of nitrogens with one attached hydrogen (secondary N) is 2. The topological polar surface area (TPSA) is 65.4 Å². The van der Waals surface area contributed by atoms with Gasteiger partial charge in [0.1, 0.15) is 5.82 Å². The summed E-state index contributed by atoms with van der Waals surface area (Å²) in [5.74, 6) is 2.00. The monoisotopic (exact) mass is 428 g/mol. The average molecular weight is 429 g/mol. The van der Waals surface area contributed by atoms with Crippen LogP contribution >= 0.6 is 11.3 Å². The van der Waals surface area contributed by atoms with Gasteiger partial charge in [0.05, 0.1) is 10.7 Å². The second-order valence-corrected chi connectivity index (χ2v) is 9.93. The van der Waals surface area contributed by atoms with Crippen LogP contribution in [0.25, 0.3) is 0 Å². The van der Waals surface area contributed by atoms with Gasteiger partial charge in [-0.05, 0) is 38.3 Å². The van der Waals surface area contributed by atoms with Crippen molar-refractivity contribution in [2.45, 2.75) is 65.3 Å². The lowest BCUT2D eigenvalue weighted by Gasteiger charge is -2.33. The molecule has 0 bridgehead atoms. The molecule has 2 aromatic heterocycles. The highest BCUT2D eigenvalue weighted by Gasteiger charge is 2.21. The molecule has 164 valence electrons. The summed E-state index contributed by atoms with van der Waals surface area (Å²) in [7, 11) is 0. The fraction of sp³-hybridized carbons (Fsp3) is 0.609. The highest BCUT2D eigenvalue weighted by Crippen LogP contribution is 2.24. The zero-order valence-electron chi connectivity index (χ0n) is 19.0. The van der Waals surface area contributed by atoms with Crippen molar-refractivity contribution >= 4 is 23.1 Å². The number of piperidine rings is 1. The van der Waals surface area contributed by atoms with Gasteiger partial charge in [-0.2, -0.15) is 0 Å². The molecule has 0 unspecified atom stereocenters. The van der Waals surface area contributed by atoms with Crippen LogP contribution in [0.1, 0.15) is 56.8 Å². The molecular formula is C23H36N6S. The number of aromatic nitrogens is 2. The average Bonchev–Trinajstić information content (AvgIpc) is 3.19. The number of rotatable bonds is 6. The number of nitrogens with zero attached hydrogens (tertiary/aromatic N) is 4. The Morgan fingerprint density at radius 3 is 2.63 bits per heavy atom. The van der Waals surface area contributed by atoms with Gasteiger partial charge in [0.2, 0.25) is 0 Å². The van der Waals surface area contributed by atoms with Crippen molar-refractivity contribution in [2.24, 2.45) is 4.99 Å². The largest absolute Gasteiger partial charge is 0.357 e. The van der Waals surface area contributed by atoms with Gasteiger partial charge >= 0.3 is 0 Å². The van der Waals surface area contributed by atoms with E-state index in [4.69, 9.17) is 9.98 Å². The van der Waals surface area contributed by atoms with E-state index in [0.717, 1.165) is 57.2 Å². The summed E-state index contributed by atoms with van der Waals surface area (Å²) in [6, 6.07) is 4.70. The predicted molar refractivity (Wildman–Crippen MR) is 128 cm³/mol. The summed E-state index contributed by atoms with van der Waals surface area (Å²) < 4.78 is 0. The number of hydrogen-bond acceptors (Lipinski definition) is 5. The van der Waals surface area contributed by atoms with Crippen LogP contribution in [0.4, 0.5) is 5.82 Å². The molecule has 1 saturated heterocycles. The normalized spacial score (nSPS) is 16.0. The van der Waals surface area contributed by atoms with Gasteiger partial charge in [-0.3, -0.25) is 4.99 Å². The third-order valence-corrected chi connectivity index (χ3v) is 6.22. The fourth-order valence-corrected chi connectivity index (χ4v) is 4.46. The lowest BCUT2D eigenvalue weighted by molar-refractivity contribution is 0.459. The van der Waals surface area contributed by atoms with E-state index in [1.165, 1.54) is 16.3 Å². The Kier molecular flexibility index (Phi) is 7.69. The molecule has 3 heterocycles. The van der Waals surface area contributed by atoms with Crippen molar-refractivity contribution in [1.82, 2.24) is 20.6 Å². The van der Waals surface area contributed by atoms with E-state index >= 15 is 0 Å². The lowest BCUT2D eigenvalue weighted by Crippen LogP contribution is -2.49. The number of guanidine groups is 1. The van der Waals surface area contributed by atoms with Crippen molar-refractivity contribution in [2.75, 3.05) is 31.1 Å². The van der Waals surface area contributed by atoms with Gasteiger partial charge < -0.3 is 15.5 Å². The quantitative estimate of drug-likeness (QED) is 0.539. The molecule has 0 atom stereocenters. The van der Waals surface area contributed by atoms with Crippen LogP contribution < -0.4 is 15.5 Å². The summed E-state index contributed by atoms with van der Waals surface area (Å²) >= 11 is 1.74. The van der Waals surface area contributed by atoms with E-state index in [-0.39, 0.29) is 5.41 Å². The molecule has 3 rings (SSSR count). The highest BCUT2D eigenvalue weighted by molar-refractivity contribution is 7.09. The summed E-state index contributed by atoms with van der Waals surface area (Å²) in [6.45, 7) is 14.4. The molecule has 2 N–H and O–H groups in total. The molecule has 1 aliphatic heterocycles. The molecule has 0 aromatic carbocycles. The zero-order chi connectivity index (χ0) is 21.6. The Morgan fingerprint density at radius 2 is 2.03 bits per heavy atom. The summed E-state index contributed by atoms with van der Waals surface area (Å²) in [5, 5.41) is 10.4. The molecule has 30 heavy (non-hydrogen) atoms.